The Kier molecular flexibility index (Phi) is 8.98. The molecule has 0 aliphatic rings. The van der Waals surface area contributed by atoms with E-state index in [2.05, 4.69) is 21.0 Å². The second kappa shape index (κ2) is 8.84. The second-order valence-corrected chi connectivity index (χ2v) is 10.2. The van der Waals surface area contributed by atoms with Crippen molar-refractivity contribution in [2.75, 3.05) is 0 Å². The zero-order valence-corrected chi connectivity index (χ0v) is 16.5. The van der Waals surface area contributed by atoms with E-state index >= 15 is 0 Å². The van der Waals surface area contributed by atoms with Gasteiger partial charge in [-0.2, -0.15) is 0 Å². The van der Waals surface area contributed by atoms with Crippen LogP contribution in [-0.4, -0.2) is 50.1 Å². The van der Waals surface area contributed by atoms with E-state index in [1.165, 1.54) is 0 Å². The van der Waals surface area contributed by atoms with Crippen LogP contribution in [0, 0.1) is 0 Å². The van der Waals surface area contributed by atoms with E-state index in [0.717, 1.165) is 0 Å². The average molecular weight is 508 g/mol. The van der Waals surface area contributed by atoms with E-state index in [-0.39, 0.29) is 0 Å². The zero-order valence-electron chi connectivity index (χ0n) is 11.4. The molecule has 0 rings (SSSR count). The summed E-state index contributed by atoms with van der Waals surface area (Å²) in [4.78, 5) is 62.6. The van der Waals surface area contributed by atoms with Crippen molar-refractivity contribution >= 4 is 37.3 Å². The molecule has 2 unspecified atom stereocenters. The molecule has 0 saturated carbocycles. The molecule has 26 heavy (non-hydrogen) atoms. The topological polar surface area (TPSA) is 310 Å². The van der Waals surface area contributed by atoms with Crippen LogP contribution >= 0.6 is 31.3 Å². The molecule has 2 atom stereocenters. The van der Waals surface area contributed by atoms with Crippen LogP contribution in [-0.2, 0) is 66.0 Å². The molecule has 0 bridgehead atoms. The Morgan fingerprint density at radius 3 is 1.31 bits per heavy atom. The van der Waals surface area contributed by atoms with Gasteiger partial charge in [0.2, 0.25) is 0 Å². The van der Waals surface area contributed by atoms with E-state index in [0.29, 0.717) is 0 Å². The molecule has 19 nitrogen and oxygen atoms in total. The first-order valence-electron chi connectivity index (χ1n) is 4.95. The summed E-state index contributed by atoms with van der Waals surface area (Å²) in [5.41, 5.74) is 0. The van der Waals surface area contributed by atoms with Crippen LogP contribution in [0.15, 0.2) is 0 Å². The fourth-order valence-electron chi connectivity index (χ4n) is 0.897. The first-order valence-corrected chi connectivity index (χ1v) is 13.0. The minimum atomic E-state index is -6.28. The van der Waals surface area contributed by atoms with Gasteiger partial charge >= 0.3 is 147 Å². The molecule has 0 aliphatic heterocycles. The third-order valence-electron chi connectivity index (χ3n) is 1.37. The number of aliphatic carboxylic acids is 1. The molecule has 0 heterocycles. The molecular formula is C2H8O19P4Ti. The molecule has 0 saturated heterocycles. The van der Waals surface area contributed by atoms with Gasteiger partial charge in [-0.25, -0.2) is 0 Å². The summed E-state index contributed by atoms with van der Waals surface area (Å²) < 4.78 is 79.9. The number of phosphoric acid groups is 4. The summed E-state index contributed by atoms with van der Waals surface area (Å²) in [6, 6.07) is 0. The molecular weight excluding hydrogens is 500 g/mol. The molecule has 0 aromatic heterocycles. The monoisotopic (exact) mass is 508 g/mol. The minimum absolute atomic E-state index is 2.92. The number of carbonyl (C=O) groups is 1. The Balaban J connectivity index is 6.06. The van der Waals surface area contributed by atoms with Crippen molar-refractivity contribution in [1.82, 2.24) is 0 Å². The summed E-state index contributed by atoms with van der Waals surface area (Å²) in [5, 5.41) is 8.83. The summed E-state index contributed by atoms with van der Waals surface area (Å²) in [7, 11) is -24.3. The van der Waals surface area contributed by atoms with Gasteiger partial charge in [0.15, 0.2) is 0 Å². The van der Waals surface area contributed by atoms with Crippen LogP contribution in [0.4, 0.5) is 0 Å². The fourth-order valence-corrected chi connectivity index (χ4v) is 5.13. The predicted molar refractivity (Wildman–Crippen MR) is 62.4 cm³/mol. The number of carboxylic acids is 1. The Hall–Kier alpha value is 0.424. The Morgan fingerprint density at radius 2 is 1.12 bits per heavy atom. The van der Waals surface area contributed by atoms with E-state index in [1.807, 2.05) is 0 Å². The number of carboxylic acid groups (broad SMARTS) is 1. The third kappa shape index (κ3) is 10.7. The van der Waals surface area contributed by atoms with Crippen LogP contribution in [0.3, 0.4) is 0 Å². The van der Waals surface area contributed by atoms with Gasteiger partial charge in [-0.05, 0) is 0 Å². The number of phosphoric ester groups is 2. The first-order chi connectivity index (χ1) is 11.2. The second-order valence-electron chi connectivity index (χ2n) is 3.49. The van der Waals surface area contributed by atoms with Gasteiger partial charge in [0.25, 0.3) is 0 Å². The molecule has 0 aromatic rings. The predicted octanol–water partition coefficient (Wildman–Crippen LogP) is -2.02. The van der Waals surface area contributed by atoms with Crippen LogP contribution in [0.2, 0.25) is 0 Å². The quantitative estimate of drug-likeness (QED) is 0.0848. The number of hydrogen-bond acceptors (Lipinski definition) is 11. The summed E-state index contributed by atoms with van der Waals surface area (Å²) in [6.07, 6.45) is 0. The normalized spacial score (nSPS) is 19.8. The molecule has 0 aromatic carbocycles. The van der Waals surface area contributed by atoms with Crippen molar-refractivity contribution in [3.63, 3.8) is 0 Å². The van der Waals surface area contributed by atoms with Crippen LogP contribution < -0.4 is 0 Å². The summed E-state index contributed by atoms with van der Waals surface area (Å²) in [5.74, 6) is -7.52. The number of rotatable bonds is 11. The van der Waals surface area contributed by atoms with Crippen molar-refractivity contribution in [3.05, 3.63) is 0 Å². The van der Waals surface area contributed by atoms with E-state index in [1.54, 1.807) is 0 Å². The van der Waals surface area contributed by atoms with E-state index in [9.17, 15) is 26.4 Å². The van der Waals surface area contributed by atoms with Gasteiger partial charge < -0.3 is 0 Å². The maximum atomic E-state index is 11.4. The van der Waals surface area contributed by atoms with Gasteiger partial charge in [-0.15, -0.1) is 0 Å². The summed E-state index contributed by atoms with van der Waals surface area (Å²) in [6.45, 7) is 0. The molecule has 0 amide bonds. The standard InChI is InChI=1S/C2H7O17P4.H2O.O.Ti/c3-1(4)2(5,16-22(12,13)18-20(6,7)8)17-23(14,15)19-21(9,10)11;;;/h(H,3,4)(H,12,13)(H,14,15)(H2,6,7,8)(H2,9,10,11);1H2;;/q-1;;;+2/p-1. The molecule has 0 fully saturated rings. The van der Waals surface area contributed by atoms with Crippen LogP contribution in [0.5, 0.6) is 0 Å². The molecule has 154 valence electrons. The maximum absolute atomic E-state index is 11.4. The Bertz CT molecular complexity index is 693. The van der Waals surface area contributed by atoms with Crippen LogP contribution in [0.1, 0.15) is 0 Å². The zero-order chi connectivity index (χ0) is 21.2. The third-order valence-corrected chi connectivity index (χ3v) is 6.36. The van der Waals surface area contributed by atoms with E-state index in [4.69, 9.17) is 38.2 Å². The molecule has 0 spiro atoms. The SMILES string of the molecule is O=C(O)C([O][Ti](=[O])[OH])(OP(=O)(O)OP(=O)(O)O)OP(=O)(O)OP(=O)(O)O. The molecule has 24 heteroatoms. The van der Waals surface area contributed by atoms with Crippen molar-refractivity contribution in [2.45, 2.75) is 5.97 Å². The van der Waals surface area contributed by atoms with E-state index < -0.39 is 61.8 Å². The Labute approximate surface area is 147 Å². The van der Waals surface area contributed by atoms with Gasteiger partial charge in [0, 0.05) is 0 Å². The van der Waals surface area contributed by atoms with Gasteiger partial charge in [-0.3, -0.25) is 0 Å². The summed E-state index contributed by atoms with van der Waals surface area (Å²) >= 11 is -5.26. The molecule has 0 radical (unpaired) electrons. The van der Waals surface area contributed by atoms with Gasteiger partial charge in [0.1, 0.15) is 0 Å². The van der Waals surface area contributed by atoms with Gasteiger partial charge in [0.05, 0.1) is 0 Å². The average Bonchev–Trinajstić information content (AvgIpc) is 2.17. The molecule has 0 aliphatic carbocycles. The molecule has 8 N–H and O–H groups in total. The van der Waals surface area contributed by atoms with Crippen molar-refractivity contribution < 1.29 is 104 Å². The number of hydrogen-bond donors (Lipinski definition) is 8. The fraction of sp³-hybridized carbons (Fsp3) is 0.500. The van der Waals surface area contributed by atoms with Crippen LogP contribution in [0.25, 0.3) is 0 Å². The van der Waals surface area contributed by atoms with Gasteiger partial charge in [-0.1, -0.05) is 0 Å². The van der Waals surface area contributed by atoms with Crippen molar-refractivity contribution in [3.8, 4) is 0 Å². The Morgan fingerprint density at radius 1 is 0.808 bits per heavy atom. The van der Waals surface area contributed by atoms with Crippen molar-refractivity contribution in [1.29, 1.82) is 0 Å². The van der Waals surface area contributed by atoms with Crippen molar-refractivity contribution in [2.24, 2.45) is 0 Å². The first kappa shape index (κ1) is 26.4.